The molecule has 5 nitrogen and oxygen atoms in total. The first-order valence-corrected chi connectivity index (χ1v) is 11.9. The van der Waals surface area contributed by atoms with Gasteiger partial charge in [0.05, 0.1) is 6.61 Å². The molecule has 5 aliphatic carbocycles. The molecular weight excluding hydrogens is 390 g/mol. The van der Waals surface area contributed by atoms with E-state index in [0.29, 0.717) is 17.8 Å². The van der Waals surface area contributed by atoms with Crippen molar-refractivity contribution in [2.24, 2.45) is 34.5 Å². The van der Waals surface area contributed by atoms with Crippen LogP contribution >= 0.6 is 0 Å². The molecule has 0 saturated heterocycles. The summed E-state index contributed by atoms with van der Waals surface area (Å²) in [5.74, 6) is 0.348. The van der Waals surface area contributed by atoms with Crippen LogP contribution in [0.25, 0.3) is 0 Å². The number of alkyl halides is 2. The first-order valence-electron chi connectivity index (χ1n) is 10.5. The Morgan fingerprint density at radius 3 is 2.21 bits per heavy atom. The van der Waals surface area contributed by atoms with Crippen LogP contribution < -0.4 is 0 Å². The van der Waals surface area contributed by atoms with E-state index >= 15 is 0 Å². The molecule has 0 aromatic rings. The molecule has 0 aromatic carbocycles. The van der Waals surface area contributed by atoms with Crippen molar-refractivity contribution in [2.45, 2.75) is 76.4 Å². The fraction of sp³-hybridized carbons (Fsp3) is 0.950. The van der Waals surface area contributed by atoms with Crippen LogP contribution in [0, 0.1) is 34.5 Å². The van der Waals surface area contributed by atoms with Gasteiger partial charge in [0.1, 0.15) is 0 Å². The first-order chi connectivity index (χ1) is 12.9. The highest BCUT2D eigenvalue weighted by Crippen LogP contribution is 2.69. The van der Waals surface area contributed by atoms with Crippen LogP contribution in [0.5, 0.6) is 0 Å². The van der Waals surface area contributed by atoms with Crippen molar-refractivity contribution in [3.05, 3.63) is 0 Å². The highest BCUT2D eigenvalue weighted by atomic mass is 32.2. The summed E-state index contributed by atoms with van der Waals surface area (Å²) in [4.78, 5) is 11.7. The first kappa shape index (κ1) is 20.5. The molecule has 0 radical (unpaired) electrons. The maximum atomic E-state index is 13.6. The van der Waals surface area contributed by atoms with Gasteiger partial charge in [-0.25, -0.2) is 4.79 Å². The zero-order valence-electron chi connectivity index (χ0n) is 16.3. The predicted molar refractivity (Wildman–Crippen MR) is 98.1 cm³/mol. The smallest absolute Gasteiger partial charge is 0.460 e. The van der Waals surface area contributed by atoms with E-state index in [0.717, 1.165) is 25.2 Å². The number of ether oxygens (including phenoxy) is 1. The van der Waals surface area contributed by atoms with E-state index in [4.69, 9.17) is 9.29 Å². The Bertz CT molecular complexity index is 728. The molecule has 4 bridgehead atoms. The number of hydrogen-bond acceptors (Lipinski definition) is 4. The van der Waals surface area contributed by atoms with Gasteiger partial charge in [-0.05, 0) is 80.5 Å². The summed E-state index contributed by atoms with van der Waals surface area (Å²) >= 11 is 0. The van der Waals surface area contributed by atoms with Gasteiger partial charge in [-0.15, -0.1) is 0 Å². The third kappa shape index (κ3) is 3.38. The summed E-state index contributed by atoms with van der Waals surface area (Å²) < 4.78 is 62.2. The van der Waals surface area contributed by atoms with Gasteiger partial charge in [-0.3, -0.25) is 4.55 Å². The van der Waals surface area contributed by atoms with Gasteiger partial charge in [-0.2, -0.15) is 17.2 Å². The minimum Gasteiger partial charge on any atom is -0.460 e. The average Bonchev–Trinajstić information content (AvgIpc) is 2.58. The standard InChI is InChI=1S/C20H30F2O5S/c1-13-2-4-16(5-3-13)19-9-14-6-15(10-19)8-18(7-14,11-19)12-27-17(23)20(21,22)28(24,25)26/h13-16H,2-12H2,1H3,(H,24,25,26). The summed E-state index contributed by atoms with van der Waals surface area (Å²) in [5, 5.41) is -4.91. The lowest BCUT2D eigenvalue weighted by Crippen LogP contribution is -2.56. The molecule has 8 heteroatoms. The lowest BCUT2D eigenvalue weighted by Gasteiger charge is -2.64. The highest BCUT2D eigenvalue weighted by molar-refractivity contribution is 7.87. The number of esters is 1. The van der Waals surface area contributed by atoms with E-state index in [1.165, 1.54) is 44.9 Å². The third-order valence-electron chi connectivity index (χ3n) is 8.18. The molecule has 5 fully saturated rings. The Morgan fingerprint density at radius 2 is 1.68 bits per heavy atom. The van der Waals surface area contributed by atoms with Gasteiger partial charge in [0.25, 0.3) is 0 Å². The zero-order chi connectivity index (χ0) is 20.4. The molecule has 5 rings (SSSR count). The molecule has 0 amide bonds. The third-order valence-corrected chi connectivity index (χ3v) is 9.00. The fourth-order valence-electron chi connectivity index (χ4n) is 7.45. The molecule has 5 saturated carbocycles. The molecule has 0 aromatic heterocycles. The Morgan fingerprint density at radius 1 is 1.11 bits per heavy atom. The molecule has 2 unspecified atom stereocenters. The van der Waals surface area contributed by atoms with Gasteiger partial charge >= 0.3 is 21.3 Å². The molecular formula is C20H30F2O5S. The van der Waals surface area contributed by atoms with Gasteiger partial charge in [-0.1, -0.05) is 19.8 Å². The van der Waals surface area contributed by atoms with Crippen LogP contribution in [0.15, 0.2) is 0 Å². The number of halogens is 2. The highest BCUT2D eigenvalue weighted by Gasteiger charge is 2.61. The van der Waals surface area contributed by atoms with Gasteiger partial charge in [0.15, 0.2) is 0 Å². The van der Waals surface area contributed by atoms with Crippen molar-refractivity contribution in [2.75, 3.05) is 6.61 Å². The monoisotopic (exact) mass is 420 g/mol. The van der Waals surface area contributed by atoms with E-state index in [-0.39, 0.29) is 17.4 Å². The van der Waals surface area contributed by atoms with Gasteiger partial charge in [0, 0.05) is 5.41 Å². The van der Waals surface area contributed by atoms with Crippen LogP contribution in [-0.2, 0) is 19.6 Å². The Labute approximate surface area is 165 Å². The van der Waals surface area contributed by atoms with Gasteiger partial charge < -0.3 is 4.74 Å². The van der Waals surface area contributed by atoms with E-state index in [1.807, 2.05) is 0 Å². The molecule has 0 heterocycles. The molecule has 0 spiro atoms. The molecule has 28 heavy (non-hydrogen) atoms. The summed E-state index contributed by atoms with van der Waals surface area (Å²) in [6.07, 6.45) is 11.1. The normalized spacial score (nSPS) is 43.1. The maximum absolute atomic E-state index is 13.6. The summed E-state index contributed by atoms with van der Waals surface area (Å²) in [7, 11) is -5.82. The number of rotatable bonds is 5. The SMILES string of the molecule is CC1CCC(C23CC4CC(CC(COC(=O)C(F)(F)S(=O)(=O)O)(C4)C2)C3)CC1. The van der Waals surface area contributed by atoms with Crippen molar-refractivity contribution in [1.82, 2.24) is 0 Å². The minimum absolute atomic E-state index is 0.172. The number of carbonyl (C=O) groups excluding carboxylic acids is 1. The number of hydrogen-bond donors (Lipinski definition) is 1. The quantitative estimate of drug-likeness (QED) is 0.526. The van der Waals surface area contributed by atoms with Gasteiger partial charge in [0.2, 0.25) is 0 Å². The summed E-state index contributed by atoms with van der Waals surface area (Å²) in [6, 6.07) is 0. The lowest BCUT2D eigenvalue weighted by molar-refractivity contribution is -0.186. The van der Waals surface area contributed by atoms with Crippen molar-refractivity contribution < 1.29 is 31.3 Å². The second-order valence-corrected chi connectivity index (χ2v) is 11.8. The lowest BCUT2D eigenvalue weighted by atomic mass is 9.41. The fourth-order valence-corrected chi connectivity index (χ4v) is 7.72. The van der Waals surface area contributed by atoms with Crippen LogP contribution in [0.2, 0.25) is 0 Å². The van der Waals surface area contributed by atoms with Crippen LogP contribution in [0.3, 0.4) is 0 Å². The maximum Gasteiger partial charge on any atom is 0.465 e. The van der Waals surface area contributed by atoms with Crippen molar-refractivity contribution in [1.29, 1.82) is 0 Å². The van der Waals surface area contributed by atoms with Crippen LogP contribution in [0.4, 0.5) is 8.78 Å². The summed E-state index contributed by atoms with van der Waals surface area (Å²) in [5.41, 5.74) is -0.0969. The van der Waals surface area contributed by atoms with E-state index < -0.39 is 21.3 Å². The van der Waals surface area contributed by atoms with Crippen LogP contribution in [0.1, 0.15) is 71.1 Å². The van der Waals surface area contributed by atoms with Crippen molar-refractivity contribution in [3.8, 4) is 0 Å². The molecule has 2 atom stereocenters. The van der Waals surface area contributed by atoms with Crippen LogP contribution in [-0.4, -0.2) is 30.8 Å². The predicted octanol–water partition coefficient (Wildman–Crippen LogP) is 4.42. The summed E-state index contributed by atoms with van der Waals surface area (Å²) in [6.45, 7) is 2.13. The van der Waals surface area contributed by atoms with Crippen molar-refractivity contribution in [3.63, 3.8) is 0 Å². The molecule has 0 aliphatic heterocycles. The molecule has 1 N–H and O–H groups in total. The minimum atomic E-state index is -5.82. The van der Waals surface area contributed by atoms with E-state index in [9.17, 15) is 22.0 Å². The largest absolute Gasteiger partial charge is 0.465 e. The van der Waals surface area contributed by atoms with E-state index in [2.05, 4.69) is 6.92 Å². The average molecular weight is 421 g/mol. The Balaban J connectivity index is 1.50. The Kier molecular flexibility index (Phi) is 4.85. The van der Waals surface area contributed by atoms with E-state index in [1.54, 1.807) is 0 Å². The van der Waals surface area contributed by atoms with Crippen molar-refractivity contribution >= 4 is 16.1 Å². The second-order valence-electron chi connectivity index (χ2n) is 10.3. The molecule has 160 valence electrons. The second kappa shape index (κ2) is 6.62. The molecule has 5 aliphatic rings. The number of carbonyl (C=O) groups is 1. The zero-order valence-corrected chi connectivity index (χ0v) is 17.1. The topological polar surface area (TPSA) is 80.7 Å². The Hall–Kier alpha value is -0.760.